The lowest BCUT2D eigenvalue weighted by Gasteiger charge is -2.38. The Labute approximate surface area is 163 Å². The molecule has 0 saturated heterocycles. The molecule has 0 aliphatic carbocycles. The van der Waals surface area contributed by atoms with Crippen molar-refractivity contribution in [3.63, 3.8) is 0 Å². The number of primary amides is 1. The van der Waals surface area contributed by atoms with Gasteiger partial charge < -0.3 is 11.1 Å². The zero-order valence-corrected chi connectivity index (χ0v) is 16.1. The maximum Gasteiger partial charge on any atom is 0.249 e. The van der Waals surface area contributed by atoms with E-state index in [1.807, 2.05) is 48.5 Å². The molecule has 136 valence electrons. The molecular weight excluding hydrogens is 352 g/mol. The van der Waals surface area contributed by atoms with Gasteiger partial charge in [-0.05, 0) is 41.1 Å². The molecule has 27 heavy (non-hydrogen) atoms. The Morgan fingerprint density at radius 3 is 2.56 bits per heavy atom. The van der Waals surface area contributed by atoms with Gasteiger partial charge in [-0.3, -0.25) is 4.79 Å². The van der Waals surface area contributed by atoms with Crippen molar-refractivity contribution in [1.29, 1.82) is 0 Å². The topological polar surface area (TPSA) is 55.1 Å². The van der Waals surface area contributed by atoms with Gasteiger partial charge in [-0.2, -0.15) is 0 Å². The second kappa shape index (κ2) is 7.05. The summed E-state index contributed by atoms with van der Waals surface area (Å²) in [5.41, 5.74) is 10.1. The number of carbonyl (C=O) groups excluding carboxylic acids is 1. The molecule has 0 bridgehead atoms. The van der Waals surface area contributed by atoms with Crippen LogP contribution in [0.25, 0.3) is 5.57 Å². The number of aryl methyl sites for hydroxylation is 1. The molecule has 2 heterocycles. The van der Waals surface area contributed by atoms with Gasteiger partial charge in [0.25, 0.3) is 0 Å². The molecule has 1 aliphatic heterocycles. The third kappa shape index (κ3) is 3.17. The quantitative estimate of drug-likeness (QED) is 0.677. The summed E-state index contributed by atoms with van der Waals surface area (Å²) in [5, 5.41) is 5.86. The van der Waals surface area contributed by atoms with Gasteiger partial charge in [0.2, 0.25) is 5.91 Å². The van der Waals surface area contributed by atoms with Gasteiger partial charge in [0.05, 0.1) is 5.54 Å². The van der Waals surface area contributed by atoms with E-state index in [9.17, 15) is 4.79 Å². The van der Waals surface area contributed by atoms with Crippen LogP contribution in [0.3, 0.4) is 0 Å². The lowest BCUT2D eigenvalue weighted by Crippen LogP contribution is -2.39. The number of nitrogens with one attached hydrogen (secondary N) is 1. The third-order valence-electron chi connectivity index (χ3n) is 5.18. The second-order valence-corrected chi connectivity index (χ2v) is 7.83. The van der Waals surface area contributed by atoms with Crippen LogP contribution in [0.4, 0.5) is 5.69 Å². The number of fused-ring (bicyclic) bond motifs is 1. The Kier molecular flexibility index (Phi) is 4.58. The number of rotatable bonds is 5. The average Bonchev–Trinajstić information content (AvgIpc) is 3.14. The number of anilines is 1. The van der Waals surface area contributed by atoms with Crippen molar-refractivity contribution < 1.29 is 4.79 Å². The molecule has 1 aliphatic rings. The normalized spacial score (nSPS) is 18.3. The highest BCUT2D eigenvalue weighted by Gasteiger charge is 2.37. The zero-order valence-electron chi connectivity index (χ0n) is 15.2. The summed E-state index contributed by atoms with van der Waals surface area (Å²) >= 11 is 1.77. The summed E-state index contributed by atoms with van der Waals surface area (Å²) in [4.78, 5) is 13.6. The first-order valence-corrected chi connectivity index (χ1v) is 10.0. The molecule has 3 N–H and O–H groups in total. The van der Waals surface area contributed by atoms with Crippen LogP contribution in [0.5, 0.6) is 0 Å². The smallest absolute Gasteiger partial charge is 0.249 e. The number of carbonyl (C=O) groups is 1. The van der Waals surface area contributed by atoms with Gasteiger partial charge in [0.15, 0.2) is 0 Å². The molecule has 2 aromatic carbocycles. The van der Waals surface area contributed by atoms with Crippen molar-refractivity contribution in [1.82, 2.24) is 0 Å². The van der Waals surface area contributed by atoms with E-state index in [0.29, 0.717) is 5.57 Å². The molecule has 0 fully saturated rings. The van der Waals surface area contributed by atoms with Crippen molar-refractivity contribution in [2.24, 2.45) is 5.73 Å². The molecule has 1 amide bonds. The first-order chi connectivity index (χ1) is 13.1. The Balaban J connectivity index is 1.92. The van der Waals surface area contributed by atoms with Crippen LogP contribution < -0.4 is 11.1 Å². The summed E-state index contributed by atoms with van der Waals surface area (Å²) in [5.74, 6) is -0.397. The highest BCUT2D eigenvalue weighted by molar-refractivity contribution is 7.10. The van der Waals surface area contributed by atoms with E-state index in [1.165, 1.54) is 10.4 Å². The number of para-hydroxylation sites is 1. The Morgan fingerprint density at radius 2 is 1.81 bits per heavy atom. The van der Waals surface area contributed by atoms with Crippen LogP contribution in [0.2, 0.25) is 0 Å². The minimum absolute atomic E-state index is 0.397. The highest BCUT2D eigenvalue weighted by Crippen LogP contribution is 2.42. The summed E-state index contributed by atoms with van der Waals surface area (Å²) in [6.07, 6.45) is 3.78. The molecule has 0 radical (unpaired) electrons. The first-order valence-electron chi connectivity index (χ1n) is 9.14. The van der Waals surface area contributed by atoms with Crippen LogP contribution in [0, 0.1) is 0 Å². The van der Waals surface area contributed by atoms with Gasteiger partial charge in [-0.25, -0.2) is 0 Å². The molecule has 3 nitrogen and oxygen atoms in total. The number of amides is 1. The molecule has 1 unspecified atom stereocenters. The van der Waals surface area contributed by atoms with Crippen molar-refractivity contribution in [2.45, 2.75) is 25.3 Å². The fourth-order valence-electron chi connectivity index (χ4n) is 3.81. The molecule has 4 heteroatoms. The summed E-state index contributed by atoms with van der Waals surface area (Å²) < 4.78 is 0. The Bertz CT molecular complexity index is 1010. The number of nitrogens with two attached hydrogens (primary N) is 1. The van der Waals surface area contributed by atoms with Gasteiger partial charge in [-0.1, -0.05) is 55.5 Å². The van der Waals surface area contributed by atoms with Crippen LogP contribution in [-0.4, -0.2) is 5.91 Å². The van der Waals surface area contributed by atoms with Gasteiger partial charge in [0.1, 0.15) is 0 Å². The van der Waals surface area contributed by atoms with E-state index in [4.69, 9.17) is 5.73 Å². The van der Waals surface area contributed by atoms with E-state index in [1.54, 1.807) is 11.3 Å². The van der Waals surface area contributed by atoms with Crippen molar-refractivity contribution in [2.75, 3.05) is 5.32 Å². The molecule has 1 atom stereocenters. The summed E-state index contributed by atoms with van der Waals surface area (Å²) in [6, 6.07) is 20.3. The van der Waals surface area contributed by atoms with E-state index in [-0.39, 0.29) is 0 Å². The molecule has 0 saturated carbocycles. The predicted octanol–water partition coefficient (Wildman–Crippen LogP) is 4.74. The largest absolute Gasteiger partial charge is 0.371 e. The van der Waals surface area contributed by atoms with Gasteiger partial charge in [-0.15, -0.1) is 11.3 Å². The van der Waals surface area contributed by atoms with Crippen molar-refractivity contribution in [3.8, 4) is 0 Å². The van der Waals surface area contributed by atoms with E-state index >= 15 is 0 Å². The molecule has 4 rings (SSSR count). The van der Waals surface area contributed by atoms with E-state index < -0.39 is 11.4 Å². The van der Waals surface area contributed by atoms with Gasteiger partial charge in [0, 0.05) is 28.1 Å². The lowest BCUT2D eigenvalue weighted by molar-refractivity contribution is -0.112. The lowest BCUT2D eigenvalue weighted by atomic mass is 9.79. The van der Waals surface area contributed by atoms with E-state index in [2.05, 4.69) is 35.8 Å². The molecular formula is C23H22N2OS. The molecule has 0 spiro atoms. The van der Waals surface area contributed by atoms with E-state index in [0.717, 1.165) is 29.7 Å². The number of thiophene rings is 1. The minimum atomic E-state index is -0.519. The van der Waals surface area contributed by atoms with Gasteiger partial charge >= 0.3 is 0 Å². The van der Waals surface area contributed by atoms with Crippen LogP contribution in [0.1, 0.15) is 28.5 Å². The zero-order chi connectivity index (χ0) is 18.9. The fraction of sp³-hybridized carbons (Fsp3) is 0.174. The first kappa shape index (κ1) is 17.6. The molecule has 1 aromatic heterocycles. The number of benzene rings is 2. The maximum atomic E-state index is 12.3. The fourth-order valence-corrected chi connectivity index (χ4v) is 4.88. The standard InChI is InChI=1S/C23H22N2OS/c1-2-16-12-13-27-21(16)15-23(17-8-4-3-5-9-17)14-19(22(24)26)18-10-6-7-11-20(18)25-23/h3-14,25H,2,15H2,1H3,(H2,24,26). The van der Waals surface area contributed by atoms with Crippen LogP contribution in [-0.2, 0) is 23.2 Å². The van der Waals surface area contributed by atoms with Crippen LogP contribution >= 0.6 is 11.3 Å². The van der Waals surface area contributed by atoms with Crippen molar-refractivity contribution in [3.05, 3.63) is 93.7 Å². The number of hydrogen-bond donors (Lipinski definition) is 2. The third-order valence-corrected chi connectivity index (χ3v) is 6.14. The average molecular weight is 375 g/mol. The minimum Gasteiger partial charge on any atom is -0.371 e. The Hall–Kier alpha value is -2.85. The Morgan fingerprint density at radius 1 is 1.07 bits per heavy atom. The summed E-state index contributed by atoms with van der Waals surface area (Å²) in [6.45, 7) is 2.18. The summed E-state index contributed by atoms with van der Waals surface area (Å²) in [7, 11) is 0. The monoisotopic (exact) mass is 374 g/mol. The highest BCUT2D eigenvalue weighted by atomic mass is 32.1. The van der Waals surface area contributed by atoms with Crippen molar-refractivity contribution >= 4 is 28.5 Å². The SMILES string of the molecule is CCc1ccsc1CC1(c2ccccc2)C=C(C(N)=O)c2ccccc2N1. The maximum absolute atomic E-state index is 12.3. The second-order valence-electron chi connectivity index (χ2n) is 6.83. The number of hydrogen-bond acceptors (Lipinski definition) is 3. The predicted molar refractivity (Wildman–Crippen MR) is 113 cm³/mol. The molecule has 3 aromatic rings. The van der Waals surface area contributed by atoms with Crippen LogP contribution in [0.15, 0.2) is 72.1 Å².